The summed E-state index contributed by atoms with van der Waals surface area (Å²) in [6.07, 6.45) is 0. The second-order valence-electron chi connectivity index (χ2n) is 2.59. The van der Waals surface area contributed by atoms with Gasteiger partial charge in [0.2, 0.25) is 0 Å². The van der Waals surface area contributed by atoms with Crippen LogP contribution in [0.5, 0.6) is 0 Å². The molecule has 0 aliphatic heterocycles. The molecule has 0 radical (unpaired) electrons. The molecule has 1 rings (SSSR count). The van der Waals surface area contributed by atoms with Crippen molar-refractivity contribution in [3.8, 4) is 0 Å². The Bertz CT molecular complexity index is 423. The fourth-order valence-corrected chi connectivity index (χ4v) is 1.78. The minimum atomic E-state index is -4.45. The fourth-order valence-electron chi connectivity index (χ4n) is 0.868. The maximum Gasteiger partial charge on any atom is 1.00 e. The number of rotatable bonds is 1. The molecular formula is C7H7ClNNaO3S. The minimum Gasteiger partial charge on any atom is -0.744 e. The van der Waals surface area contributed by atoms with Crippen molar-refractivity contribution in [3.05, 3.63) is 22.7 Å². The van der Waals surface area contributed by atoms with Crippen LogP contribution in [-0.2, 0) is 10.1 Å². The maximum absolute atomic E-state index is 10.6. The number of nitrogen functional groups attached to an aromatic ring is 1. The predicted molar refractivity (Wildman–Crippen MR) is 48.6 cm³/mol. The molecule has 0 aromatic heterocycles. The van der Waals surface area contributed by atoms with Crippen molar-refractivity contribution in [1.82, 2.24) is 0 Å². The number of benzene rings is 1. The Hall–Kier alpha value is 0.220. The quantitative estimate of drug-likeness (QED) is 0.356. The molecule has 14 heavy (non-hydrogen) atoms. The average molecular weight is 244 g/mol. The van der Waals surface area contributed by atoms with Crippen molar-refractivity contribution < 1.29 is 42.5 Å². The van der Waals surface area contributed by atoms with Crippen LogP contribution in [-0.4, -0.2) is 13.0 Å². The summed E-state index contributed by atoms with van der Waals surface area (Å²) in [4.78, 5) is -0.357. The molecule has 0 atom stereocenters. The van der Waals surface area contributed by atoms with E-state index in [1.165, 1.54) is 6.07 Å². The summed E-state index contributed by atoms with van der Waals surface area (Å²) in [5.41, 5.74) is 6.23. The van der Waals surface area contributed by atoms with Gasteiger partial charge < -0.3 is 10.3 Å². The van der Waals surface area contributed by atoms with Crippen molar-refractivity contribution in [3.63, 3.8) is 0 Å². The molecule has 0 aliphatic rings. The summed E-state index contributed by atoms with van der Waals surface area (Å²) in [5, 5.41) is 0.0782. The summed E-state index contributed by atoms with van der Waals surface area (Å²) in [6, 6.07) is 2.25. The van der Waals surface area contributed by atoms with Crippen molar-refractivity contribution in [2.24, 2.45) is 0 Å². The van der Waals surface area contributed by atoms with E-state index in [0.717, 1.165) is 6.07 Å². The Labute approximate surface area is 109 Å². The Morgan fingerprint density at radius 3 is 2.29 bits per heavy atom. The van der Waals surface area contributed by atoms with Crippen LogP contribution in [0.4, 0.5) is 5.69 Å². The molecule has 7 heteroatoms. The van der Waals surface area contributed by atoms with Crippen LogP contribution >= 0.6 is 11.6 Å². The Morgan fingerprint density at radius 1 is 1.43 bits per heavy atom. The number of hydrogen-bond acceptors (Lipinski definition) is 4. The van der Waals surface area contributed by atoms with Gasteiger partial charge in [-0.15, -0.1) is 0 Å². The van der Waals surface area contributed by atoms with Gasteiger partial charge in [0.05, 0.1) is 15.6 Å². The van der Waals surface area contributed by atoms with Crippen LogP contribution in [0.1, 0.15) is 5.56 Å². The van der Waals surface area contributed by atoms with Crippen LogP contribution in [0.15, 0.2) is 17.0 Å². The molecule has 0 aliphatic carbocycles. The molecule has 1 aromatic carbocycles. The monoisotopic (exact) mass is 243 g/mol. The third kappa shape index (κ3) is 3.12. The molecule has 0 unspecified atom stereocenters. The predicted octanol–water partition coefficient (Wildman–Crippen LogP) is -1.86. The van der Waals surface area contributed by atoms with Crippen molar-refractivity contribution in [1.29, 1.82) is 0 Å². The fraction of sp³-hybridized carbons (Fsp3) is 0.143. The number of halogens is 1. The van der Waals surface area contributed by atoms with Gasteiger partial charge in [-0.05, 0) is 24.6 Å². The van der Waals surface area contributed by atoms with Crippen LogP contribution in [0, 0.1) is 6.92 Å². The van der Waals surface area contributed by atoms with E-state index < -0.39 is 10.1 Å². The average Bonchev–Trinajstić information content (AvgIpc) is 1.97. The SMILES string of the molecule is Cc1cc(S(=O)(=O)[O-])cc(Cl)c1N.[Na+]. The molecule has 0 fully saturated rings. The second kappa shape index (κ2) is 4.83. The van der Waals surface area contributed by atoms with Gasteiger partial charge in [0, 0.05) is 0 Å². The van der Waals surface area contributed by atoms with Gasteiger partial charge in [-0.2, -0.15) is 0 Å². The van der Waals surface area contributed by atoms with Crippen molar-refractivity contribution in [2.75, 3.05) is 5.73 Å². The number of anilines is 1. The molecule has 0 saturated heterocycles. The number of hydrogen-bond donors (Lipinski definition) is 1. The zero-order chi connectivity index (χ0) is 10.2. The minimum absolute atomic E-state index is 0. The third-order valence-corrected chi connectivity index (χ3v) is 2.72. The van der Waals surface area contributed by atoms with Crippen molar-refractivity contribution >= 4 is 27.4 Å². The summed E-state index contributed by atoms with van der Waals surface area (Å²) < 4.78 is 31.8. The summed E-state index contributed by atoms with van der Waals surface area (Å²) in [5.74, 6) is 0. The van der Waals surface area contributed by atoms with Gasteiger partial charge in [-0.25, -0.2) is 8.42 Å². The van der Waals surface area contributed by atoms with E-state index in [2.05, 4.69) is 0 Å². The largest absolute Gasteiger partial charge is 1.00 e. The molecule has 4 nitrogen and oxygen atoms in total. The van der Waals surface area contributed by atoms with E-state index >= 15 is 0 Å². The number of aryl methyl sites for hydroxylation is 1. The van der Waals surface area contributed by atoms with Gasteiger partial charge in [0.15, 0.2) is 0 Å². The van der Waals surface area contributed by atoms with Crippen LogP contribution in [0.2, 0.25) is 5.02 Å². The van der Waals surface area contributed by atoms with Gasteiger partial charge in [-0.1, -0.05) is 11.6 Å². The molecular weight excluding hydrogens is 237 g/mol. The molecule has 0 bridgehead atoms. The van der Waals surface area contributed by atoms with Gasteiger partial charge in [0.25, 0.3) is 0 Å². The molecule has 2 N–H and O–H groups in total. The van der Waals surface area contributed by atoms with Crippen molar-refractivity contribution in [2.45, 2.75) is 11.8 Å². The zero-order valence-electron chi connectivity index (χ0n) is 7.74. The van der Waals surface area contributed by atoms with E-state index in [0.29, 0.717) is 5.56 Å². The molecule has 0 heterocycles. The van der Waals surface area contributed by atoms with E-state index in [1.54, 1.807) is 6.92 Å². The van der Waals surface area contributed by atoms with Gasteiger partial charge in [-0.3, -0.25) is 0 Å². The first-order valence-corrected chi connectivity index (χ1v) is 5.12. The topological polar surface area (TPSA) is 83.2 Å². The molecule has 1 aromatic rings. The van der Waals surface area contributed by atoms with Gasteiger partial charge in [0.1, 0.15) is 10.1 Å². The van der Waals surface area contributed by atoms with E-state index in [4.69, 9.17) is 17.3 Å². The summed E-state index contributed by atoms with van der Waals surface area (Å²) in [6.45, 7) is 1.58. The first kappa shape index (κ1) is 14.2. The van der Waals surface area contributed by atoms with Crippen LogP contribution in [0.25, 0.3) is 0 Å². The first-order chi connectivity index (χ1) is 5.82. The van der Waals surface area contributed by atoms with E-state index in [1.807, 2.05) is 0 Å². The standard InChI is InChI=1S/C7H8ClNO3S.Na/c1-4-2-5(13(10,11)12)3-6(8)7(4)9;/h2-3H,9H2,1H3,(H,10,11,12);/q;+1/p-1. The Kier molecular flexibility index (Phi) is 4.90. The first-order valence-electron chi connectivity index (χ1n) is 3.34. The molecule has 0 amide bonds. The summed E-state index contributed by atoms with van der Waals surface area (Å²) in [7, 11) is -4.45. The Balaban J connectivity index is 0.00000169. The van der Waals surface area contributed by atoms with E-state index in [9.17, 15) is 13.0 Å². The second-order valence-corrected chi connectivity index (χ2v) is 4.38. The maximum atomic E-state index is 10.6. The molecule has 72 valence electrons. The van der Waals surface area contributed by atoms with Crippen LogP contribution < -0.4 is 35.3 Å². The normalized spacial score (nSPS) is 10.8. The molecule has 0 spiro atoms. The Morgan fingerprint density at radius 2 is 1.93 bits per heavy atom. The zero-order valence-corrected chi connectivity index (χ0v) is 11.3. The third-order valence-electron chi connectivity index (χ3n) is 1.60. The van der Waals surface area contributed by atoms with Crippen LogP contribution in [0.3, 0.4) is 0 Å². The molecule has 0 saturated carbocycles. The van der Waals surface area contributed by atoms with E-state index in [-0.39, 0.29) is 45.2 Å². The number of nitrogens with two attached hydrogens (primary N) is 1. The smallest absolute Gasteiger partial charge is 0.744 e. The van der Waals surface area contributed by atoms with Gasteiger partial charge >= 0.3 is 29.6 Å². The summed E-state index contributed by atoms with van der Waals surface area (Å²) >= 11 is 5.60.